The summed E-state index contributed by atoms with van der Waals surface area (Å²) < 4.78 is 40.2. The third-order valence-corrected chi connectivity index (χ3v) is 13.7. The third-order valence-electron chi connectivity index (χ3n) is 13.7. The van der Waals surface area contributed by atoms with Crippen LogP contribution in [0.25, 0.3) is 0 Å². The van der Waals surface area contributed by atoms with E-state index in [1.807, 2.05) is 0 Å². The first-order chi connectivity index (χ1) is 31.7. The van der Waals surface area contributed by atoms with Gasteiger partial charge in [-0.25, -0.2) is 24.0 Å². The summed E-state index contributed by atoms with van der Waals surface area (Å²) in [6.45, 7) is 7.84. The molecule has 3 fully saturated rings. The highest BCUT2D eigenvalue weighted by molar-refractivity contribution is 5.97. The zero-order chi connectivity index (χ0) is 48.6. The number of pyridine rings is 1. The van der Waals surface area contributed by atoms with Crippen molar-refractivity contribution >= 4 is 41.9 Å². The van der Waals surface area contributed by atoms with Gasteiger partial charge in [0, 0.05) is 31.4 Å². The number of aliphatic hydroxyl groups is 3. The molecule has 1 amide bonds. The van der Waals surface area contributed by atoms with Crippen molar-refractivity contribution in [2.24, 2.45) is 16.7 Å². The molecule has 4 N–H and O–H groups in total. The number of ketones is 1. The maximum absolute atomic E-state index is 15.6. The van der Waals surface area contributed by atoms with E-state index in [4.69, 9.17) is 33.2 Å². The molecule has 1 aromatic heterocycles. The van der Waals surface area contributed by atoms with Crippen LogP contribution in [0.4, 0.5) is 9.59 Å². The van der Waals surface area contributed by atoms with Crippen LogP contribution in [0.1, 0.15) is 86.8 Å². The minimum absolute atomic E-state index is 0.0210. The molecule has 1 aliphatic heterocycles. The van der Waals surface area contributed by atoms with Crippen LogP contribution in [-0.4, -0.2) is 123 Å². The van der Waals surface area contributed by atoms with E-state index in [0.29, 0.717) is 0 Å². The van der Waals surface area contributed by atoms with Crippen molar-refractivity contribution < 1.29 is 82.0 Å². The van der Waals surface area contributed by atoms with E-state index in [1.165, 1.54) is 83.3 Å². The van der Waals surface area contributed by atoms with Crippen molar-refractivity contribution in [3.8, 4) is 0 Å². The predicted molar refractivity (Wildman–Crippen MR) is 228 cm³/mol. The Morgan fingerprint density at radius 1 is 0.896 bits per heavy atom. The molecule has 11 atom stereocenters. The number of carbonyl (C=O) groups is 7. The van der Waals surface area contributed by atoms with Crippen molar-refractivity contribution in [3.05, 3.63) is 113 Å². The first-order valence-electron chi connectivity index (χ1n) is 21.6. The third kappa shape index (κ3) is 8.56. The van der Waals surface area contributed by atoms with E-state index < -0.39 is 119 Å². The number of ether oxygens (including phenoxy) is 7. The summed E-state index contributed by atoms with van der Waals surface area (Å²) in [5, 5.41) is 39.9. The summed E-state index contributed by atoms with van der Waals surface area (Å²) in [7, 11) is 0. The molecular weight excluding hydrogens is 877 g/mol. The Bertz CT molecular complexity index is 2450. The van der Waals surface area contributed by atoms with E-state index >= 15 is 4.79 Å². The van der Waals surface area contributed by atoms with Crippen molar-refractivity contribution in [1.82, 2.24) is 10.3 Å². The van der Waals surface area contributed by atoms with Crippen molar-refractivity contribution in [1.29, 1.82) is 0 Å². The van der Waals surface area contributed by atoms with E-state index in [9.17, 15) is 44.1 Å². The van der Waals surface area contributed by atoms with Gasteiger partial charge in [0.1, 0.15) is 30.0 Å². The standard InChI is InChI=1S/C48H52N2O17/c1-7-61-44(59)64-36-33-25(2)30(63-42(57)35(53)34(29-20-14-15-21-49-29)50-43(58)66-41(56)28-18-12-9-13-19-28)23-48(60,45(33,4)5)39(65-40(55)27-16-10-8-11-17-27)37-46(6,38(36)54)31(52)22-32-47(37,24-62-32)67-26(3)51/h8-21,30-32,34-37,39,52-53,60H,7,22-24H2,1-6H3,(H,50,58)/t30-,31-,32+,34-,35+,36+,37?,39?,46+,47-,48+/m0/s1. The summed E-state index contributed by atoms with van der Waals surface area (Å²) in [4.78, 5) is 101. The van der Waals surface area contributed by atoms with Gasteiger partial charge in [-0.3, -0.25) is 14.6 Å². The largest absolute Gasteiger partial charge is 0.509 e. The van der Waals surface area contributed by atoms with Crippen molar-refractivity contribution in [3.63, 3.8) is 0 Å². The lowest BCUT2D eigenvalue weighted by Crippen LogP contribution is -2.82. The molecule has 2 unspecified atom stereocenters. The number of hydrogen-bond acceptors (Lipinski definition) is 18. The number of esters is 4. The predicted octanol–water partition coefficient (Wildman–Crippen LogP) is 3.88. The highest BCUT2D eigenvalue weighted by atomic mass is 16.7. The molecule has 7 rings (SSSR count). The number of aromatic nitrogens is 1. The zero-order valence-corrected chi connectivity index (χ0v) is 37.5. The fourth-order valence-corrected chi connectivity index (χ4v) is 10.2. The molecule has 2 saturated carbocycles. The summed E-state index contributed by atoms with van der Waals surface area (Å²) in [5.74, 6) is -6.88. The number of rotatable bonds is 11. The maximum Gasteiger partial charge on any atom is 0.509 e. The highest BCUT2D eigenvalue weighted by Gasteiger charge is 2.78. The normalized spacial score (nSPS) is 30.2. The van der Waals surface area contributed by atoms with Gasteiger partial charge in [0.15, 0.2) is 23.6 Å². The number of benzene rings is 2. The van der Waals surface area contributed by atoms with E-state index in [2.05, 4.69) is 10.3 Å². The second kappa shape index (κ2) is 18.6. The Kier molecular flexibility index (Phi) is 13.5. The number of Topliss-reactive ketones (excluding diaryl/α,β-unsaturated/α-hetero) is 1. The molecule has 19 nitrogen and oxygen atoms in total. The fourth-order valence-electron chi connectivity index (χ4n) is 10.2. The average molecular weight is 929 g/mol. The van der Waals surface area contributed by atoms with Crippen LogP contribution in [0.2, 0.25) is 0 Å². The average Bonchev–Trinajstić information content (AvgIpc) is 3.29. The van der Waals surface area contributed by atoms with Crippen LogP contribution in [0.15, 0.2) is 96.2 Å². The second-order valence-electron chi connectivity index (χ2n) is 17.7. The van der Waals surface area contributed by atoms with Gasteiger partial charge in [-0.2, -0.15) is 0 Å². The minimum atomic E-state index is -2.50. The van der Waals surface area contributed by atoms with E-state index in [-0.39, 0.29) is 47.6 Å². The van der Waals surface area contributed by atoms with Gasteiger partial charge < -0.3 is 53.8 Å². The summed E-state index contributed by atoms with van der Waals surface area (Å²) in [5.41, 5.74) is -8.38. The van der Waals surface area contributed by atoms with E-state index in [0.717, 1.165) is 6.92 Å². The molecule has 0 spiro atoms. The molecule has 3 aromatic rings. The second-order valence-corrected chi connectivity index (χ2v) is 17.7. The Morgan fingerprint density at radius 3 is 2.09 bits per heavy atom. The number of carbonyl (C=O) groups excluding carboxylic acids is 7. The Morgan fingerprint density at radius 2 is 1.52 bits per heavy atom. The van der Waals surface area contributed by atoms with Crippen LogP contribution in [0, 0.1) is 16.7 Å². The topological polar surface area (TPSA) is 270 Å². The number of nitrogens with zero attached hydrogens (tertiary/aromatic N) is 1. The summed E-state index contributed by atoms with van der Waals surface area (Å²) in [6.07, 6.45) is -12.8. The lowest BCUT2D eigenvalue weighted by molar-refractivity contribution is -0.346. The number of amides is 1. The van der Waals surface area contributed by atoms with Crippen LogP contribution < -0.4 is 5.32 Å². The Balaban J connectivity index is 1.36. The van der Waals surface area contributed by atoms with Crippen molar-refractivity contribution in [2.45, 2.75) is 108 Å². The van der Waals surface area contributed by atoms with Gasteiger partial charge in [0.05, 0.1) is 47.5 Å². The zero-order valence-electron chi connectivity index (χ0n) is 37.5. The first kappa shape index (κ1) is 48.4. The Labute approximate surface area is 384 Å². The molecule has 67 heavy (non-hydrogen) atoms. The van der Waals surface area contributed by atoms with Crippen LogP contribution in [0.3, 0.4) is 0 Å². The van der Waals surface area contributed by atoms with Gasteiger partial charge in [0.2, 0.25) is 0 Å². The summed E-state index contributed by atoms with van der Waals surface area (Å²) >= 11 is 0. The molecule has 2 aromatic carbocycles. The molecule has 3 aliphatic carbocycles. The molecule has 19 heteroatoms. The van der Waals surface area contributed by atoms with Gasteiger partial charge in [-0.15, -0.1) is 0 Å². The molecule has 0 radical (unpaired) electrons. The smallest absolute Gasteiger partial charge is 0.456 e. The number of aliphatic hydroxyl groups excluding tert-OH is 2. The molecule has 4 aliphatic rings. The lowest BCUT2D eigenvalue weighted by atomic mass is 9.44. The van der Waals surface area contributed by atoms with Crippen molar-refractivity contribution in [2.75, 3.05) is 13.2 Å². The molecule has 2 bridgehead atoms. The van der Waals surface area contributed by atoms with E-state index in [1.54, 1.807) is 36.4 Å². The molecule has 356 valence electrons. The van der Waals surface area contributed by atoms with Crippen LogP contribution >= 0.6 is 0 Å². The van der Waals surface area contributed by atoms with Gasteiger partial charge in [-0.1, -0.05) is 56.3 Å². The Hall–Kier alpha value is -6.54. The quantitative estimate of drug-likeness (QED) is 0.0920. The highest BCUT2D eigenvalue weighted by Crippen LogP contribution is 2.64. The van der Waals surface area contributed by atoms with Gasteiger partial charge in [-0.05, 0) is 68.3 Å². The molecule has 2 heterocycles. The number of alkyl carbamates (subject to hydrolysis) is 1. The maximum atomic E-state index is 15.6. The fraction of sp³-hybridized carbons (Fsp3) is 0.458. The summed E-state index contributed by atoms with van der Waals surface area (Å²) in [6, 6.07) is 17.9. The van der Waals surface area contributed by atoms with Crippen LogP contribution in [0.5, 0.6) is 0 Å². The SMILES string of the molecule is CCOC(=O)O[C@H]1C(=O)[C@@]2(C)C(C(OC(=O)c3ccccc3)[C@]3(O)C[C@H](OC(=O)[C@H](O)[C@@H](NC(=O)OC(=O)c4ccccc4)c4ccccn4)C(C)=C1C3(C)C)[C@]1(OC(C)=O)CO[C@@H]1C[C@@H]2O. The van der Waals surface area contributed by atoms with Gasteiger partial charge >= 0.3 is 36.1 Å². The lowest BCUT2D eigenvalue weighted by Gasteiger charge is -2.67. The molecular formula is C48H52N2O17. The number of fused-ring (bicyclic) bond motifs is 5. The first-order valence-corrected chi connectivity index (χ1v) is 21.6. The van der Waals surface area contributed by atoms with Gasteiger partial charge in [0.25, 0.3) is 0 Å². The molecule has 1 saturated heterocycles. The monoisotopic (exact) mass is 928 g/mol. The number of nitrogens with one attached hydrogen (secondary N) is 1. The minimum Gasteiger partial charge on any atom is -0.456 e. The van der Waals surface area contributed by atoms with Crippen LogP contribution in [-0.2, 0) is 47.5 Å². The number of hydrogen-bond donors (Lipinski definition) is 4.